The first-order valence-corrected chi connectivity index (χ1v) is 7.33. The Kier molecular flexibility index (Phi) is 7.62. The lowest BCUT2D eigenvalue weighted by Crippen LogP contribution is -2.29. The first-order valence-electron chi connectivity index (χ1n) is 7.33. The summed E-state index contributed by atoms with van der Waals surface area (Å²) in [5.74, 6) is -0.0445. The molecule has 104 valence electrons. The molecule has 0 N–H and O–H groups in total. The van der Waals surface area contributed by atoms with Gasteiger partial charge in [-0.25, -0.2) is 0 Å². The highest BCUT2D eigenvalue weighted by Crippen LogP contribution is 2.25. The molecule has 0 spiro atoms. The molecule has 18 heavy (non-hydrogen) atoms. The van der Waals surface area contributed by atoms with E-state index in [1.165, 1.54) is 25.7 Å². The van der Waals surface area contributed by atoms with E-state index in [1.807, 2.05) is 0 Å². The second-order valence-corrected chi connectivity index (χ2v) is 5.42. The number of nitrogens with zero attached hydrogens (tertiary/aromatic N) is 1. The molecule has 0 amide bonds. The van der Waals surface area contributed by atoms with Gasteiger partial charge < -0.3 is 4.79 Å². The van der Waals surface area contributed by atoms with Gasteiger partial charge in [0.1, 0.15) is 6.29 Å². The lowest BCUT2D eigenvalue weighted by Gasteiger charge is -2.19. The minimum Gasteiger partial charge on any atom is -0.303 e. The quantitative estimate of drug-likeness (QED) is 0.438. The van der Waals surface area contributed by atoms with Crippen molar-refractivity contribution >= 4 is 6.29 Å². The lowest BCUT2D eigenvalue weighted by molar-refractivity contribution is -0.533. The second kappa shape index (κ2) is 9.06. The molecule has 0 saturated heterocycles. The Hall–Kier alpha value is -0.930. The van der Waals surface area contributed by atoms with Crippen LogP contribution in [0.25, 0.3) is 0 Å². The van der Waals surface area contributed by atoms with E-state index in [0.717, 1.165) is 38.4 Å². The average Bonchev–Trinajstić information content (AvgIpc) is 2.32. The van der Waals surface area contributed by atoms with Crippen LogP contribution in [-0.4, -0.2) is 17.3 Å². The summed E-state index contributed by atoms with van der Waals surface area (Å²) in [6.45, 7) is 0. The van der Waals surface area contributed by atoms with E-state index >= 15 is 0 Å². The summed E-state index contributed by atoms with van der Waals surface area (Å²) < 4.78 is 0. The summed E-state index contributed by atoms with van der Waals surface area (Å²) in [6.07, 6.45) is 11.9. The van der Waals surface area contributed by atoms with Gasteiger partial charge in [0, 0.05) is 23.7 Å². The summed E-state index contributed by atoms with van der Waals surface area (Å²) in [5.41, 5.74) is 0. The van der Waals surface area contributed by atoms with Crippen molar-refractivity contribution in [3.8, 4) is 0 Å². The van der Waals surface area contributed by atoms with E-state index in [-0.39, 0.29) is 10.8 Å². The van der Waals surface area contributed by atoms with Gasteiger partial charge in [-0.1, -0.05) is 44.9 Å². The predicted molar refractivity (Wildman–Crippen MR) is 71.1 cm³/mol. The van der Waals surface area contributed by atoms with Crippen LogP contribution in [0, 0.1) is 16.0 Å². The molecule has 0 heterocycles. The highest BCUT2D eigenvalue weighted by atomic mass is 16.6. The molecule has 4 nitrogen and oxygen atoms in total. The normalized spacial score (nSPS) is 27.8. The van der Waals surface area contributed by atoms with E-state index < -0.39 is 6.04 Å². The number of aldehydes is 1. The van der Waals surface area contributed by atoms with Crippen molar-refractivity contribution in [1.29, 1.82) is 0 Å². The fourth-order valence-corrected chi connectivity index (χ4v) is 2.92. The van der Waals surface area contributed by atoms with Crippen molar-refractivity contribution in [2.24, 2.45) is 5.92 Å². The third kappa shape index (κ3) is 5.61. The largest absolute Gasteiger partial charge is 0.303 e. The van der Waals surface area contributed by atoms with E-state index in [0.29, 0.717) is 12.8 Å². The molecular weight excluding hydrogens is 230 g/mol. The number of nitro groups is 1. The summed E-state index contributed by atoms with van der Waals surface area (Å²) in [7, 11) is 0. The molecule has 4 heteroatoms. The fraction of sp³-hybridized carbons (Fsp3) is 0.929. The zero-order valence-electron chi connectivity index (χ0n) is 11.2. The van der Waals surface area contributed by atoms with Crippen LogP contribution in [0.3, 0.4) is 0 Å². The maximum absolute atomic E-state index is 11.1. The number of hydrogen-bond donors (Lipinski definition) is 0. The zero-order chi connectivity index (χ0) is 13.2. The number of hydrogen-bond acceptors (Lipinski definition) is 3. The molecule has 1 aliphatic carbocycles. The molecule has 2 unspecified atom stereocenters. The van der Waals surface area contributed by atoms with Gasteiger partial charge in [0.05, 0.1) is 0 Å². The zero-order valence-corrected chi connectivity index (χ0v) is 11.2. The van der Waals surface area contributed by atoms with Gasteiger partial charge in [0.2, 0.25) is 6.04 Å². The molecule has 0 aromatic carbocycles. The maximum atomic E-state index is 11.1. The highest BCUT2D eigenvalue weighted by Gasteiger charge is 2.30. The van der Waals surface area contributed by atoms with Crippen LogP contribution in [0.5, 0.6) is 0 Å². The molecule has 0 aromatic rings. The Morgan fingerprint density at radius 1 is 0.944 bits per heavy atom. The fourth-order valence-electron chi connectivity index (χ4n) is 2.92. The van der Waals surface area contributed by atoms with Gasteiger partial charge in [-0.3, -0.25) is 10.1 Å². The van der Waals surface area contributed by atoms with Crippen LogP contribution >= 0.6 is 0 Å². The van der Waals surface area contributed by atoms with Crippen molar-refractivity contribution in [3.63, 3.8) is 0 Å². The Morgan fingerprint density at radius 3 is 1.94 bits per heavy atom. The molecule has 1 saturated carbocycles. The number of carbonyl (C=O) groups is 1. The molecule has 2 atom stereocenters. The van der Waals surface area contributed by atoms with E-state index in [9.17, 15) is 14.9 Å². The van der Waals surface area contributed by atoms with Crippen LogP contribution in [0.1, 0.15) is 70.6 Å². The summed E-state index contributed by atoms with van der Waals surface area (Å²) in [6, 6.07) is -0.505. The first-order chi connectivity index (χ1) is 8.75. The van der Waals surface area contributed by atoms with Crippen molar-refractivity contribution in [2.75, 3.05) is 0 Å². The Morgan fingerprint density at radius 2 is 1.44 bits per heavy atom. The van der Waals surface area contributed by atoms with Crippen LogP contribution in [0.15, 0.2) is 0 Å². The third-order valence-electron chi connectivity index (χ3n) is 4.04. The minimum absolute atomic E-state index is 0.0445. The molecular formula is C14H25NO3. The SMILES string of the molecule is O=CCC1CCCCCCCCCCC1[N+](=O)[O-]. The molecule has 0 aromatic heterocycles. The molecule has 1 rings (SSSR count). The van der Waals surface area contributed by atoms with E-state index in [2.05, 4.69) is 0 Å². The van der Waals surface area contributed by atoms with Crippen LogP contribution in [-0.2, 0) is 4.79 Å². The topological polar surface area (TPSA) is 60.2 Å². The van der Waals surface area contributed by atoms with Gasteiger partial charge in [0.25, 0.3) is 0 Å². The Balaban J connectivity index is 2.58. The predicted octanol–water partition coefficient (Wildman–Crippen LogP) is 3.75. The van der Waals surface area contributed by atoms with Crippen molar-refractivity contribution in [2.45, 2.75) is 76.7 Å². The summed E-state index contributed by atoms with van der Waals surface area (Å²) in [5, 5.41) is 11.1. The average molecular weight is 255 g/mol. The van der Waals surface area contributed by atoms with Crippen LogP contribution in [0.2, 0.25) is 0 Å². The molecule has 0 aliphatic heterocycles. The molecule has 1 aliphatic rings. The molecule has 0 bridgehead atoms. The van der Waals surface area contributed by atoms with Gasteiger partial charge in [-0.15, -0.1) is 0 Å². The summed E-state index contributed by atoms with van der Waals surface area (Å²) in [4.78, 5) is 21.7. The van der Waals surface area contributed by atoms with E-state index in [4.69, 9.17) is 0 Å². The first kappa shape index (κ1) is 15.1. The standard InChI is InChI=1S/C14H25NO3/c16-12-11-13-9-7-5-3-1-2-4-6-8-10-14(13)15(17)18/h12-14H,1-11H2. The smallest absolute Gasteiger partial charge is 0.216 e. The summed E-state index contributed by atoms with van der Waals surface area (Å²) >= 11 is 0. The Bertz CT molecular complexity index is 255. The highest BCUT2D eigenvalue weighted by molar-refractivity contribution is 5.49. The van der Waals surface area contributed by atoms with Crippen molar-refractivity contribution in [3.05, 3.63) is 10.1 Å². The number of rotatable bonds is 3. The molecule has 1 fully saturated rings. The van der Waals surface area contributed by atoms with Gasteiger partial charge in [-0.05, 0) is 12.8 Å². The lowest BCUT2D eigenvalue weighted by atomic mass is 9.87. The molecule has 0 radical (unpaired) electrons. The Labute approximate surface area is 109 Å². The second-order valence-electron chi connectivity index (χ2n) is 5.42. The minimum atomic E-state index is -0.505. The maximum Gasteiger partial charge on any atom is 0.216 e. The number of carbonyl (C=O) groups excluding carboxylic acids is 1. The monoisotopic (exact) mass is 255 g/mol. The van der Waals surface area contributed by atoms with Crippen molar-refractivity contribution in [1.82, 2.24) is 0 Å². The van der Waals surface area contributed by atoms with Crippen LogP contribution in [0.4, 0.5) is 0 Å². The van der Waals surface area contributed by atoms with Gasteiger partial charge in [0.15, 0.2) is 0 Å². The van der Waals surface area contributed by atoms with Crippen LogP contribution < -0.4 is 0 Å². The van der Waals surface area contributed by atoms with Gasteiger partial charge in [-0.2, -0.15) is 0 Å². The third-order valence-corrected chi connectivity index (χ3v) is 4.04. The van der Waals surface area contributed by atoms with E-state index in [1.54, 1.807) is 0 Å². The van der Waals surface area contributed by atoms with Crippen molar-refractivity contribution < 1.29 is 9.72 Å². The van der Waals surface area contributed by atoms with Gasteiger partial charge >= 0.3 is 0 Å².